The highest BCUT2D eigenvalue weighted by molar-refractivity contribution is 5.91. The molecule has 2 aromatic heterocycles. The third kappa shape index (κ3) is 3.03. The van der Waals surface area contributed by atoms with E-state index in [4.69, 9.17) is 9.26 Å². The maximum absolute atomic E-state index is 11.8. The molecular formula is C15H14N4O3. The van der Waals surface area contributed by atoms with Crippen molar-refractivity contribution < 1.29 is 14.1 Å². The van der Waals surface area contributed by atoms with Gasteiger partial charge in [0.05, 0.1) is 16.6 Å². The average Bonchev–Trinajstić information content (AvgIpc) is 2.90. The molecule has 1 amide bonds. The van der Waals surface area contributed by atoms with E-state index in [1.165, 1.54) is 6.33 Å². The topological polar surface area (TPSA) is 90.1 Å². The Labute approximate surface area is 126 Å². The number of aromatic nitrogens is 3. The Balaban J connectivity index is 1.71. The van der Waals surface area contributed by atoms with Gasteiger partial charge in [0.25, 0.3) is 5.91 Å². The van der Waals surface area contributed by atoms with Crippen LogP contribution in [0.4, 0.5) is 5.88 Å². The molecule has 0 unspecified atom stereocenters. The lowest BCUT2D eigenvalue weighted by Crippen LogP contribution is -2.20. The van der Waals surface area contributed by atoms with Gasteiger partial charge in [-0.05, 0) is 26.0 Å². The second-order valence-electron chi connectivity index (χ2n) is 4.87. The number of ether oxygens (including phenoxy) is 1. The molecule has 112 valence electrons. The van der Waals surface area contributed by atoms with E-state index in [-0.39, 0.29) is 18.4 Å². The highest BCUT2D eigenvalue weighted by Crippen LogP contribution is 2.22. The van der Waals surface area contributed by atoms with Gasteiger partial charge in [0, 0.05) is 6.07 Å². The molecule has 22 heavy (non-hydrogen) atoms. The van der Waals surface area contributed by atoms with Gasteiger partial charge in [-0.15, -0.1) is 0 Å². The minimum Gasteiger partial charge on any atom is -0.467 e. The van der Waals surface area contributed by atoms with Crippen LogP contribution in [0.3, 0.4) is 0 Å². The molecule has 0 saturated carbocycles. The summed E-state index contributed by atoms with van der Waals surface area (Å²) < 4.78 is 10.4. The molecule has 3 rings (SSSR count). The first-order valence-corrected chi connectivity index (χ1v) is 6.69. The summed E-state index contributed by atoms with van der Waals surface area (Å²) in [5.41, 5.74) is 2.52. The monoisotopic (exact) mass is 298 g/mol. The zero-order valence-corrected chi connectivity index (χ0v) is 12.2. The molecule has 7 heteroatoms. The standard InChI is InChI=1S/C15H14N4O3/c1-9-3-4-12-11(5-9)15(17-8-16-12)21-7-13(20)18-14-6-10(2)19-22-14/h3-6,8H,7H2,1-2H3,(H,18,20). The fourth-order valence-electron chi connectivity index (χ4n) is 1.99. The van der Waals surface area contributed by atoms with Gasteiger partial charge in [-0.1, -0.05) is 16.8 Å². The Kier molecular flexibility index (Phi) is 3.69. The van der Waals surface area contributed by atoms with Gasteiger partial charge in [0.2, 0.25) is 11.8 Å². The van der Waals surface area contributed by atoms with Crippen LogP contribution in [0.25, 0.3) is 10.9 Å². The second-order valence-corrected chi connectivity index (χ2v) is 4.87. The first kappa shape index (κ1) is 14.0. The van der Waals surface area contributed by atoms with Gasteiger partial charge in [0.15, 0.2) is 6.61 Å². The molecule has 1 N–H and O–H groups in total. The van der Waals surface area contributed by atoms with Crippen LogP contribution in [0.2, 0.25) is 0 Å². The minimum atomic E-state index is -0.351. The predicted octanol–water partition coefficient (Wildman–Crippen LogP) is 2.25. The van der Waals surface area contributed by atoms with Gasteiger partial charge in [-0.3, -0.25) is 10.1 Å². The van der Waals surface area contributed by atoms with Gasteiger partial charge in [-0.2, -0.15) is 0 Å². The molecule has 0 saturated heterocycles. The number of hydrogen-bond acceptors (Lipinski definition) is 6. The molecule has 0 fully saturated rings. The molecule has 0 atom stereocenters. The molecule has 0 bridgehead atoms. The van der Waals surface area contributed by atoms with Crippen molar-refractivity contribution in [2.24, 2.45) is 0 Å². The predicted molar refractivity (Wildman–Crippen MR) is 79.6 cm³/mol. The zero-order chi connectivity index (χ0) is 15.5. The van der Waals surface area contributed by atoms with Crippen molar-refractivity contribution in [1.82, 2.24) is 15.1 Å². The van der Waals surface area contributed by atoms with Gasteiger partial charge in [0.1, 0.15) is 6.33 Å². The molecule has 3 aromatic rings. The fourth-order valence-corrected chi connectivity index (χ4v) is 1.99. The van der Waals surface area contributed by atoms with E-state index in [1.807, 2.05) is 25.1 Å². The van der Waals surface area contributed by atoms with Crippen LogP contribution in [-0.4, -0.2) is 27.6 Å². The maximum Gasteiger partial charge on any atom is 0.264 e. The Morgan fingerprint density at radius 2 is 2.14 bits per heavy atom. The van der Waals surface area contributed by atoms with E-state index >= 15 is 0 Å². The van der Waals surface area contributed by atoms with Gasteiger partial charge in [-0.25, -0.2) is 9.97 Å². The first-order valence-electron chi connectivity index (χ1n) is 6.69. The molecule has 0 spiro atoms. The summed E-state index contributed by atoms with van der Waals surface area (Å²) >= 11 is 0. The Morgan fingerprint density at radius 3 is 2.91 bits per heavy atom. The summed E-state index contributed by atoms with van der Waals surface area (Å²) in [4.78, 5) is 20.1. The van der Waals surface area contributed by atoms with Crippen LogP contribution >= 0.6 is 0 Å². The third-order valence-corrected chi connectivity index (χ3v) is 2.98. The Bertz CT molecular complexity index is 829. The molecule has 1 aromatic carbocycles. The highest BCUT2D eigenvalue weighted by Gasteiger charge is 2.10. The lowest BCUT2D eigenvalue weighted by molar-refractivity contribution is -0.118. The number of carbonyl (C=O) groups is 1. The number of amides is 1. The molecule has 0 aliphatic rings. The number of aryl methyl sites for hydroxylation is 2. The van der Waals surface area contributed by atoms with Crippen LogP contribution in [0.5, 0.6) is 5.88 Å². The first-order chi connectivity index (χ1) is 10.6. The van der Waals surface area contributed by atoms with Crippen molar-refractivity contribution in [3.8, 4) is 5.88 Å². The number of nitrogens with zero attached hydrogens (tertiary/aromatic N) is 3. The quantitative estimate of drug-likeness (QED) is 0.794. The average molecular weight is 298 g/mol. The SMILES string of the molecule is Cc1ccc2ncnc(OCC(=O)Nc3cc(C)no3)c2c1. The zero-order valence-electron chi connectivity index (χ0n) is 12.2. The molecule has 0 aliphatic heterocycles. The number of nitrogens with one attached hydrogen (secondary N) is 1. The Hall–Kier alpha value is -2.96. The van der Waals surface area contributed by atoms with Crippen LogP contribution in [-0.2, 0) is 4.79 Å². The summed E-state index contributed by atoms with van der Waals surface area (Å²) in [6.45, 7) is 3.56. The van der Waals surface area contributed by atoms with Crippen molar-refractivity contribution in [2.75, 3.05) is 11.9 Å². The molecule has 2 heterocycles. The van der Waals surface area contributed by atoms with E-state index in [0.29, 0.717) is 11.6 Å². The molecular weight excluding hydrogens is 284 g/mol. The van der Waals surface area contributed by atoms with E-state index in [2.05, 4.69) is 20.4 Å². The van der Waals surface area contributed by atoms with E-state index in [1.54, 1.807) is 13.0 Å². The fraction of sp³-hybridized carbons (Fsp3) is 0.200. The normalized spacial score (nSPS) is 10.6. The van der Waals surface area contributed by atoms with Crippen molar-refractivity contribution in [3.63, 3.8) is 0 Å². The summed E-state index contributed by atoms with van der Waals surface area (Å²) in [5.74, 6) is 0.308. The Morgan fingerprint density at radius 1 is 1.27 bits per heavy atom. The number of benzene rings is 1. The third-order valence-electron chi connectivity index (χ3n) is 2.98. The molecule has 0 aliphatic carbocycles. The smallest absolute Gasteiger partial charge is 0.264 e. The van der Waals surface area contributed by atoms with E-state index in [0.717, 1.165) is 16.5 Å². The summed E-state index contributed by atoms with van der Waals surface area (Å²) in [6, 6.07) is 7.39. The lowest BCUT2D eigenvalue weighted by Gasteiger charge is -2.07. The van der Waals surface area contributed by atoms with E-state index < -0.39 is 0 Å². The number of anilines is 1. The van der Waals surface area contributed by atoms with E-state index in [9.17, 15) is 4.79 Å². The molecule has 0 radical (unpaired) electrons. The van der Waals surface area contributed by atoms with Crippen molar-refractivity contribution >= 4 is 22.7 Å². The summed E-state index contributed by atoms with van der Waals surface area (Å²) in [7, 11) is 0. The van der Waals surface area contributed by atoms with Crippen LogP contribution in [0.15, 0.2) is 35.1 Å². The summed E-state index contributed by atoms with van der Waals surface area (Å²) in [6.07, 6.45) is 1.41. The van der Waals surface area contributed by atoms with Crippen LogP contribution in [0.1, 0.15) is 11.3 Å². The van der Waals surface area contributed by atoms with Crippen molar-refractivity contribution in [1.29, 1.82) is 0 Å². The van der Waals surface area contributed by atoms with Crippen LogP contribution < -0.4 is 10.1 Å². The van der Waals surface area contributed by atoms with Crippen molar-refractivity contribution in [3.05, 3.63) is 41.9 Å². The number of carbonyl (C=O) groups excluding carboxylic acids is 1. The van der Waals surface area contributed by atoms with Gasteiger partial charge < -0.3 is 9.26 Å². The van der Waals surface area contributed by atoms with Crippen LogP contribution in [0, 0.1) is 13.8 Å². The summed E-state index contributed by atoms with van der Waals surface area (Å²) in [5, 5.41) is 7.01. The van der Waals surface area contributed by atoms with Gasteiger partial charge >= 0.3 is 0 Å². The number of fused-ring (bicyclic) bond motifs is 1. The second kappa shape index (κ2) is 5.80. The minimum absolute atomic E-state index is 0.181. The maximum atomic E-state index is 11.8. The number of hydrogen-bond donors (Lipinski definition) is 1. The molecule has 7 nitrogen and oxygen atoms in total. The van der Waals surface area contributed by atoms with Crippen molar-refractivity contribution in [2.45, 2.75) is 13.8 Å². The highest BCUT2D eigenvalue weighted by atomic mass is 16.5. The number of rotatable bonds is 4. The lowest BCUT2D eigenvalue weighted by atomic mass is 10.2. The largest absolute Gasteiger partial charge is 0.467 e.